The quantitative estimate of drug-likeness (QED) is 0.710. The number of nitrogens with zero attached hydrogens (tertiary/aromatic N) is 4. The monoisotopic (exact) mass is 383 g/mol. The number of carbonyl (C=O) groups is 2. The fourth-order valence-electron chi connectivity index (χ4n) is 3.47. The molecule has 150 valence electrons. The van der Waals surface area contributed by atoms with Crippen molar-refractivity contribution >= 4 is 11.8 Å². The van der Waals surface area contributed by atoms with Crippen LogP contribution in [0, 0.1) is 0 Å². The molecule has 0 saturated carbocycles. The molecular weight excluding hydrogens is 354 g/mol. The van der Waals surface area contributed by atoms with E-state index in [9.17, 15) is 9.59 Å². The Labute approximate surface area is 166 Å². The number of imidazole rings is 1. The zero-order valence-corrected chi connectivity index (χ0v) is 16.8. The molecule has 7 nitrogen and oxygen atoms in total. The maximum Gasteiger partial charge on any atom is 0.287 e. The first-order chi connectivity index (χ1) is 13.6. The summed E-state index contributed by atoms with van der Waals surface area (Å²) in [6.07, 6.45) is 9.03. The summed E-state index contributed by atoms with van der Waals surface area (Å²) in [7, 11) is 1.79. The molecule has 3 heterocycles. The van der Waals surface area contributed by atoms with E-state index >= 15 is 0 Å². The molecule has 0 atom stereocenters. The van der Waals surface area contributed by atoms with E-state index in [1.807, 2.05) is 16.7 Å². The van der Waals surface area contributed by atoms with Gasteiger partial charge in [0.1, 0.15) is 5.69 Å². The highest BCUT2D eigenvalue weighted by molar-refractivity contribution is 5.97. The van der Waals surface area contributed by atoms with Gasteiger partial charge in [0, 0.05) is 39.1 Å². The fourth-order valence-corrected chi connectivity index (χ4v) is 3.47. The number of amides is 2. The van der Waals surface area contributed by atoms with Crippen LogP contribution in [0.5, 0.6) is 0 Å². The summed E-state index contributed by atoms with van der Waals surface area (Å²) in [6, 6.07) is 3.91. The Morgan fingerprint density at radius 2 is 2.04 bits per heavy atom. The van der Waals surface area contributed by atoms with Gasteiger partial charge in [-0.2, -0.15) is 0 Å². The molecule has 1 N–H and O–H groups in total. The zero-order valence-electron chi connectivity index (χ0n) is 16.8. The van der Waals surface area contributed by atoms with Crippen molar-refractivity contribution < 1.29 is 9.59 Å². The first-order valence-electron chi connectivity index (χ1n) is 10.1. The second-order valence-electron chi connectivity index (χ2n) is 7.28. The second kappa shape index (κ2) is 9.48. The molecule has 0 aromatic carbocycles. The zero-order chi connectivity index (χ0) is 19.9. The smallest absolute Gasteiger partial charge is 0.287 e. The fraction of sp³-hybridized carbons (Fsp3) is 0.524. The van der Waals surface area contributed by atoms with Crippen LogP contribution in [-0.4, -0.2) is 51.4 Å². The van der Waals surface area contributed by atoms with Crippen LogP contribution in [-0.2, 0) is 19.4 Å². The molecule has 2 aromatic rings. The van der Waals surface area contributed by atoms with Gasteiger partial charge in [0.15, 0.2) is 5.82 Å². The number of carbonyl (C=O) groups excluding carboxylic acids is 2. The van der Waals surface area contributed by atoms with Gasteiger partial charge in [0.25, 0.3) is 11.8 Å². The number of aromatic nitrogens is 3. The van der Waals surface area contributed by atoms with E-state index in [2.05, 4.69) is 22.2 Å². The van der Waals surface area contributed by atoms with Crippen LogP contribution in [0.15, 0.2) is 24.5 Å². The van der Waals surface area contributed by atoms with Crippen LogP contribution in [0.3, 0.4) is 0 Å². The lowest BCUT2D eigenvalue weighted by Gasteiger charge is -2.19. The van der Waals surface area contributed by atoms with Gasteiger partial charge in [-0.05, 0) is 49.8 Å². The Morgan fingerprint density at radius 1 is 1.25 bits per heavy atom. The Kier molecular flexibility index (Phi) is 6.79. The standard InChI is InChI=1S/C21H29N5O2/c1-3-4-11-23-20(27)19-24-18(17-7-5-6-14-26(17)19)21(28)25(2)15-10-16-8-12-22-13-9-16/h8-9,12-13H,3-7,10-11,14-15H2,1-2H3,(H,23,27). The third kappa shape index (κ3) is 4.58. The summed E-state index contributed by atoms with van der Waals surface area (Å²) in [5, 5.41) is 2.93. The lowest BCUT2D eigenvalue weighted by atomic mass is 10.1. The molecular formula is C21H29N5O2. The minimum Gasteiger partial charge on any atom is -0.349 e. The molecule has 0 saturated heterocycles. The van der Waals surface area contributed by atoms with Gasteiger partial charge in [-0.3, -0.25) is 14.6 Å². The minimum absolute atomic E-state index is 0.118. The average molecular weight is 383 g/mol. The third-order valence-electron chi connectivity index (χ3n) is 5.17. The number of unbranched alkanes of at least 4 members (excludes halogenated alkanes) is 1. The second-order valence-corrected chi connectivity index (χ2v) is 7.28. The Balaban J connectivity index is 1.74. The largest absolute Gasteiger partial charge is 0.349 e. The van der Waals surface area contributed by atoms with E-state index < -0.39 is 0 Å². The first kappa shape index (κ1) is 20.0. The molecule has 3 rings (SSSR count). The van der Waals surface area contributed by atoms with Crippen LogP contribution in [0.4, 0.5) is 0 Å². The molecule has 0 aliphatic carbocycles. The van der Waals surface area contributed by atoms with E-state index in [0.29, 0.717) is 24.6 Å². The number of nitrogens with one attached hydrogen (secondary N) is 1. The molecule has 7 heteroatoms. The summed E-state index contributed by atoms with van der Waals surface area (Å²) in [6.45, 7) is 4.05. The SMILES string of the molecule is CCCCNC(=O)c1nc(C(=O)N(C)CCc2ccncc2)c2n1CCCC2. The molecule has 2 aromatic heterocycles. The van der Waals surface area contributed by atoms with Gasteiger partial charge in [-0.15, -0.1) is 0 Å². The topological polar surface area (TPSA) is 80.1 Å². The van der Waals surface area contributed by atoms with Gasteiger partial charge < -0.3 is 14.8 Å². The maximum absolute atomic E-state index is 13.0. The van der Waals surface area contributed by atoms with Crippen molar-refractivity contribution in [2.75, 3.05) is 20.1 Å². The third-order valence-corrected chi connectivity index (χ3v) is 5.17. The normalized spacial score (nSPS) is 13.1. The summed E-state index contributed by atoms with van der Waals surface area (Å²) >= 11 is 0. The highest BCUT2D eigenvalue weighted by Crippen LogP contribution is 2.22. The molecule has 1 aliphatic rings. The number of fused-ring (bicyclic) bond motifs is 1. The number of pyridine rings is 1. The number of hydrogen-bond donors (Lipinski definition) is 1. The minimum atomic E-state index is -0.185. The predicted molar refractivity (Wildman–Crippen MR) is 107 cm³/mol. The van der Waals surface area contributed by atoms with Crippen LogP contribution in [0.2, 0.25) is 0 Å². The van der Waals surface area contributed by atoms with Crippen molar-refractivity contribution in [3.63, 3.8) is 0 Å². The molecule has 0 unspecified atom stereocenters. The van der Waals surface area contributed by atoms with Gasteiger partial charge in [-0.25, -0.2) is 4.98 Å². The number of rotatable bonds is 8. The Hall–Kier alpha value is -2.70. The van der Waals surface area contributed by atoms with E-state index in [1.165, 1.54) is 0 Å². The van der Waals surface area contributed by atoms with E-state index in [0.717, 1.165) is 56.3 Å². The van der Waals surface area contributed by atoms with Gasteiger partial charge in [0.05, 0.1) is 5.69 Å². The lowest BCUT2D eigenvalue weighted by molar-refractivity contribution is 0.0789. The van der Waals surface area contributed by atoms with Crippen molar-refractivity contribution in [3.05, 3.63) is 47.3 Å². The highest BCUT2D eigenvalue weighted by atomic mass is 16.2. The van der Waals surface area contributed by atoms with Gasteiger partial charge >= 0.3 is 0 Å². The maximum atomic E-state index is 13.0. The van der Waals surface area contributed by atoms with Crippen molar-refractivity contribution in [2.45, 2.75) is 52.0 Å². The van der Waals surface area contributed by atoms with Gasteiger partial charge in [-0.1, -0.05) is 13.3 Å². The Bertz CT molecular complexity index is 816. The molecule has 2 amide bonds. The summed E-state index contributed by atoms with van der Waals surface area (Å²) in [5.74, 6) is 0.0686. The molecule has 28 heavy (non-hydrogen) atoms. The van der Waals surface area contributed by atoms with Gasteiger partial charge in [0.2, 0.25) is 0 Å². The summed E-state index contributed by atoms with van der Waals surface area (Å²) in [5.41, 5.74) is 2.46. The molecule has 1 aliphatic heterocycles. The molecule has 0 spiro atoms. The molecule has 0 radical (unpaired) electrons. The van der Waals surface area contributed by atoms with E-state index in [-0.39, 0.29) is 11.8 Å². The van der Waals surface area contributed by atoms with E-state index in [1.54, 1.807) is 24.3 Å². The lowest BCUT2D eigenvalue weighted by Crippen LogP contribution is -2.30. The average Bonchev–Trinajstić information content (AvgIpc) is 3.12. The molecule has 0 bridgehead atoms. The van der Waals surface area contributed by atoms with Crippen LogP contribution < -0.4 is 5.32 Å². The van der Waals surface area contributed by atoms with Crippen molar-refractivity contribution in [2.24, 2.45) is 0 Å². The van der Waals surface area contributed by atoms with Crippen molar-refractivity contribution in [1.29, 1.82) is 0 Å². The van der Waals surface area contributed by atoms with Crippen LogP contribution >= 0.6 is 0 Å². The van der Waals surface area contributed by atoms with E-state index in [4.69, 9.17) is 0 Å². The van der Waals surface area contributed by atoms with Crippen molar-refractivity contribution in [3.8, 4) is 0 Å². The van der Waals surface area contributed by atoms with Crippen molar-refractivity contribution in [1.82, 2.24) is 24.8 Å². The first-order valence-corrected chi connectivity index (χ1v) is 10.1. The number of likely N-dealkylation sites (N-methyl/N-ethyl adjacent to an activating group) is 1. The Morgan fingerprint density at radius 3 is 2.79 bits per heavy atom. The summed E-state index contributed by atoms with van der Waals surface area (Å²) < 4.78 is 1.94. The molecule has 0 fully saturated rings. The van der Waals surface area contributed by atoms with Crippen LogP contribution in [0.25, 0.3) is 0 Å². The summed E-state index contributed by atoms with van der Waals surface area (Å²) in [4.78, 5) is 35.8. The number of hydrogen-bond acceptors (Lipinski definition) is 4. The highest BCUT2D eigenvalue weighted by Gasteiger charge is 2.28. The van der Waals surface area contributed by atoms with Crippen LogP contribution in [0.1, 0.15) is 65.0 Å². The predicted octanol–water partition coefficient (Wildman–Crippen LogP) is 2.46.